The Morgan fingerprint density at radius 2 is 2.29 bits per heavy atom. The second-order valence-corrected chi connectivity index (χ2v) is 3.22. The molecule has 2 N–H and O–H groups in total. The minimum atomic E-state index is -0.275. The number of nitrogens with zero attached hydrogens (tertiary/aromatic N) is 1. The molecule has 0 saturated heterocycles. The summed E-state index contributed by atoms with van der Waals surface area (Å²) < 4.78 is 12.9. The van der Waals surface area contributed by atoms with E-state index in [2.05, 4.69) is 5.92 Å². The van der Waals surface area contributed by atoms with E-state index in [1.807, 2.05) is 11.9 Å². The Morgan fingerprint density at radius 3 is 2.93 bits per heavy atom. The molecule has 0 radical (unpaired) electrons. The molecule has 0 fully saturated rings. The SMILES string of the molecule is C#CCN(C)Cc1cc(F)ccc1N. The maximum absolute atomic E-state index is 12.9. The van der Waals surface area contributed by atoms with E-state index in [-0.39, 0.29) is 5.82 Å². The highest BCUT2D eigenvalue weighted by Crippen LogP contribution is 2.14. The maximum Gasteiger partial charge on any atom is 0.123 e. The summed E-state index contributed by atoms with van der Waals surface area (Å²) in [6.07, 6.45) is 5.15. The van der Waals surface area contributed by atoms with Gasteiger partial charge in [0.2, 0.25) is 0 Å². The van der Waals surface area contributed by atoms with E-state index in [0.29, 0.717) is 18.8 Å². The van der Waals surface area contributed by atoms with E-state index in [1.165, 1.54) is 12.1 Å². The molecule has 0 bridgehead atoms. The van der Waals surface area contributed by atoms with Crippen molar-refractivity contribution >= 4 is 5.69 Å². The molecule has 2 nitrogen and oxygen atoms in total. The van der Waals surface area contributed by atoms with Gasteiger partial charge < -0.3 is 5.73 Å². The number of halogens is 1. The molecule has 0 spiro atoms. The van der Waals surface area contributed by atoms with Crippen LogP contribution in [0.15, 0.2) is 18.2 Å². The van der Waals surface area contributed by atoms with Crippen molar-refractivity contribution in [3.05, 3.63) is 29.6 Å². The van der Waals surface area contributed by atoms with Crippen LogP contribution in [-0.2, 0) is 6.54 Å². The highest BCUT2D eigenvalue weighted by Gasteiger charge is 2.03. The van der Waals surface area contributed by atoms with Crippen molar-refractivity contribution in [1.82, 2.24) is 4.90 Å². The molecular formula is C11H13FN2. The van der Waals surface area contributed by atoms with Crippen LogP contribution in [0.1, 0.15) is 5.56 Å². The maximum atomic E-state index is 12.9. The van der Waals surface area contributed by atoms with E-state index in [4.69, 9.17) is 12.2 Å². The van der Waals surface area contributed by atoms with E-state index in [0.717, 1.165) is 5.56 Å². The molecule has 1 aromatic carbocycles. The van der Waals surface area contributed by atoms with E-state index in [1.54, 1.807) is 6.07 Å². The van der Waals surface area contributed by atoms with Crippen molar-refractivity contribution in [3.63, 3.8) is 0 Å². The average Bonchev–Trinajstić information content (AvgIpc) is 2.12. The molecule has 0 saturated carbocycles. The van der Waals surface area contributed by atoms with E-state index >= 15 is 0 Å². The number of nitrogen functional groups attached to an aromatic ring is 1. The smallest absolute Gasteiger partial charge is 0.123 e. The summed E-state index contributed by atoms with van der Waals surface area (Å²) in [4.78, 5) is 1.89. The zero-order chi connectivity index (χ0) is 10.6. The first-order valence-corrected chi connectivity index (χ1v) is 4.29. The highest BCUT2D eigenvalue weighted by atomic mass is 19.1. The van der Waals surface area contributed by atoms with Gasteiger partial charge in [0.05, 0.1) is 6.54 Å². The summed E-state index contributed by atoms with van der Waals surface area (Å²) in [6, 6.07) is 4.34. The third-order valence-electron chi connectivity index (χ3n) is 1.91. The van der Waals surface area contributed by atoms with Gasteiger partial charge in [-0.1, -0.05) is 5.92 Å². The lowest BCUT2D eigenvalue weighted by atomic mass is 10.1. The fourth-order valence-corrected chi connectivity index (χ4v) is 1.21. The second-order valence-electron chi connectivity index (χ2n) is 3.22. The predicted octanol–water partition coefficient (Wildman–Crippen LogP) is 1.47. The van der Waals surface area contributed by atoms with Crippen LogP contribution in [0.4, 0.5) is 10.1 Å². The minimum Gasteiger partial charge on any atom is -0.398 e. The van der Waals surface area contributed by atoms with Crippen molar-refractivity contribution in [2.24, 2.45) is 0 Å². The first kappa shape index (κ1) is 10.6. The number of terminal acetylenes is 1. The van der Waals surface area contributed by atoms with Gasteiger partial charge in [-0.25, -0.2) is 4.39 Å². The van der Waals surface area contributed by atoms with Crippen LogP contribution in [0.2, 0.25) is 0 Å². The van der Waals surface area contributed by atoms with Gasteiger partial charge in [0.25, 0.3) is 0 Å². The molecule has 1 aromatic rings. The lowest BCUT2D eigenvalue weighted by molar-refractivity contribution is 0.369. The molecule has 0 aliphatic carbocycles. The number of hydrogen-bond donors (Lipinski definition) is 1. The Bertz CT molecular complexity index is 355. The van der Waals surface area contributed by atoms with Crippen LogP contribution in [-0.4, -0.2) is 18.5 Å². The Kier molecular flexibility index (Phi) is 3.49. The zero-order valence-electron chi connectivity index (χ0n) is 8.13. The van der Waals surface area contributed by atoms with Gasteiger partial charge in [0.15, 0.2) is 0 Å². The zero-order valence-corrected chi connectivity index (χ0v) is 8.13. The molecule has 0 atom stereocenters. The van der Waals surface area contributed by atoms with Gasteiger partial charge in [-0.3, -0.25) is 4.90 Å². The van der Waals surface area contributed by atoms with Crippen molar-refractivity contribution in [1.29, 1.82) is 0 Å². The van der Waals surface area contributed by atoms with Crippen LogP contribution in [0.25, 0.3) is 0 Å². The highest BCUT2D eigenvalue weighted by molar-refractivity contribution is 5.46. The Morgan fingerprint density at radius 1 is 1.57 bits per heavy atom. The lowest BCUT2D eigenvalue weighted by Crippen LogP contribution is -2.18. The summed E-state index contributed by atoms with van der Waals surface area (Å²) in [7, 11) is 1.87. The van der Waals surface area contributed by atoms with Crippen LogP contribution in [0, 0.1) is 18.2 Å². The summed E-state index contributed by atoms with van der Waals surface area (Å²) in [5.74, 6) is 2.24. The molecule has 14 heavy (non-hydrogen) atoms. The van der Waals surface area contributed by atoms with E-state index in [9.17, 15) is 4.39 Å². The molecule has 0 amide bonds. The number of nitrogens with two attached hydrogens (primary N) is 1. The third kappa shape index (κ3) is 2.75. The quantitative estimate of drug-likeness (QED) is 0.580. The normalized spacial score (nSPS) is 10.1. The van der Waals surface area contributed by atoms with Gasteiger partial charge >= 0.3 is 0 Å². The number of rotatable bonds is 3. The number of hydrogen-bond acceptors (Lipinski definition) is 2. The molecule has 0 heterocycles. The fourth-order valence-electron chi connectivity index (χ4n) is 1.21. The molecule has 0 aliphatic heterocycles. The fraction of sp³-hybridized carbons (Fsp3) is 0.273. The van der Waals surface area contributed by atoms with E-state index < -0.39 is 0 Å². The first-order chi connectivity index (χ1) is 6.63. The Labute approximate surface area is 83.5 Å². The molecule has 0 aliphatic rings. The summed E-state index contributed by atoms with van der Waals surface area (Å²) in [6.45, 7) is 1.09. The molecule has 1 rings (SSSR count). The number of benzene rings is 1. The Balaban J connectivity index is 2.76. The first-order valence-electron chi connectivity index (χ1n) is 4.29. The van der Waals surface area contributed by atoms with Crippen LogP contribution in [0.3, 0.4) is 0 Å². The van der Waals surface area contributed by atoms with Gasteiger partial charge in [0.1, 0.15) is 5.82 Å². The standard InChI is InChI=1S/C11H13FN2/c1-3-6-14(2)8-9-7-10(12)4-5-11(9)13/h1,4-5,7H,6,8,13H2,2H3. The van der Waals surface area contributed by atoms with Gasteiger partial charge in [-0.2, -0.15) is 0 Å². The topological polar surface area (TPSA) is 29.3 Å². The van der Waals surface area contributed by atoms with Crippen LogP contribution < -0.4 is 5.73 Å². The summed E-state index contributed by atoms with van der Waals surface area (Å²) in [5.41, 5.74) is 7.05. The van der Waals surface area contributed by atoms with Crippen molar-refractivity contribution < 1.29 is 4.39 Å². The molecule has 0 aromatic heterocycles. The summed E-state index contributed by atoms with van der Waals surface area (Å²) >= 11 is 0. The lowest BCUT2D eigenvalue weighted by Gasteiger charge is -2.14. The molecule has 3 heteroatoms. The van der Waals surface area contributed by atoms with Gasteiger partial charge in [-0.05, 0) is 30.8 Å². The van der Waals surface area contributed by atoms with Gasteiger partial charge in [-0.15, -0.1) is 6.42 Å². The van der Waals surface area contributed by atoms with Crippen molar-refractivity contribution in [2.45, 2.75) is 6.54 Å². The molecule has 0 unspecified atom stereocenters. The predicted molar refractivity (Wildman–Crippen MR) is 56.0 cm³/mol. The van der Waals surface area contributed by atoms with Gasteiger partial charge in [0, 0.05) is 12.2 Å². The monoisotopic (exact) mass is 192 g/mol. The average molecular weight is 192 g/mol. The summed E-state index contributed by atoms with van der Waals surface area (Å²) in [5, 5.41) is 0. The van der Waals surface area contributed by atoms with Crippen LogP contribution >= 0.6 is 0 Å². The third-order valence-corrected chi connectivity index (χ3v) is 1.91. The Hall–Kier alpha value is -1.53. The molecular weight excluding hydrogens is 179 g/mol. The van der Waals surface area contributed by atoms with Crippen LogP contribution in [0.5, 0.6) is 0 Å². The number of anilines is 1. The van der Waals surface area contributed by atoms with Crippen molar-refractivity contribution in [2.75, 3.05) is 19.3 Å². The van der Waals surface area contributed by atoms with Crippen molar-refractivity contribution in [3.8, 4) is 12.3 Å². The minimum absolute atomic E-state index is 0.275. The molecule has 74 valence electrons. The second kappa shape index (κ2) is 4.64. The largest absolute Gasteiger partial charge is 0.398 e.